The van der Waals surface area contributed by atoms with Crippen LogP contribution in [0.5, 0.6) is 23.0 Å². The lowest BCUT2D eigenvalue weighted by Gasteiger charge is -2.17. The Labute approximate surface area is 211 Å². The van der Waals surface area contributed by atoms with E-state index >= 15 is 0 Å². The number of methoxy groups -OCH3 is 2. The van der Waals surface area contributed by atoms with Crippen LogP contribution in [0.1, 0.15) is 16.7 Å². The van der Waals surface area contributed by atoms with Crippen molar-refractivity contribution < 1.29 is 23.7 Å². The van der Waals surface area contributed by atoms with Gasteiger partial charge in [0.25, 0.3) is 5.91 Å². The maximum atomic E-state index is 13.2. The fraction of sp³-hybridized carbons (Fsp3) is 0.241. The number of ether oxygens (including phenoxy) is 4. The van der Waals surface area contributed by atoms with Gasteiger partial charge in [-0.2, -0.15) is 5.26 Å². The molecule has 3 aromatic carbocycles. The number of benzene rings is 3. The minimum Gasteiger partial charge on any atom is -0.493 e. The largest absolute Gasteiger partial charge is 0.493 e. The zero-order chi connectivity index (χ0) is 25.5. The lowest BCUT2D eigenvalue weighted by molar-refractivity contribution is -0.114. The number of nitriles is 1. The second-order valence-corrected chi connectivity index (χ2v) is 8.27. The van der Waals surface area contributed by atoms with E-state index < -0.39 is 0 Å². The summed E-state index contributed by atoms with van der Waals surface area (Å²) < 4.78 is 22.7. The SMILES string of the molecule is COc1cc(/C=C(\C#N)C(=O)N2CCc3ccccc32)cc(OC)c1OCCOc1cccc(C)c1. The number of hydrogen-bond donors (Lipinski definition) is 0. The minimum atomic E-state index is -0.339. The van der Waals surface area contributed by atoms with E-state index in [1.54, 1.807) is 23.1 Å². The fourth-order valence-corrected chi connectivity index (χ4v) is 4.14. The molecule has 7 nitrogen and oxygen atoms in total. The number of fused-ring (bicyclic) bond motifs is 1. The topological polar surface area (TPSA) is 81.0 Å². The molecule has 0 fully saturated rings. The van der Waals surface area contributed by atoms with Gasteiger partial charge in [-0.3, -0.25) is 4.79 Å². The first kappa shape index (κ1) is 24.7. The highest BCUT2D eigenvalue weighted by Gasteiger charge is 2.27. The monoisotopic (exact) mass is 484 g/mol. The van der Waals surface area contributed by atoms with Gasteiger partial charge in [-0.05, 0) is 66.4 Å². The number of amides is 1. The zero-order valence-electron chi connectivity index (χ0n) is 20.6. The van der Waals surface area contributed by atoms with Crippen LogP contribution in [0.25, 0.3) is 6.08 Å². The maximum Gasteiger partial charge on any atom is 0.268 e. The van der Waals surface area contributed by atoms with Crippen molar-refractivity contribution in [3.63, 3.8) is 0 Å². The number of aryl methyl sites for hydroxylation is 1. The van der Waals surface area contributed by atoms with Gasteiger partial charge < -0.3 is 23.8 Å². The lowest BCUT2D eigenvalue weighted by atomic mass is 10.1. The summed E-state index contributed by atoms with van der Waals surface area (Å²) in [4.78, 5) is 14.8. The average Bonchev–Trinajstić information content (AvgIpc) is 3.33. The molecule has 0 unspecified atom stereocenters. The van der Waals surface area contributed by atoms with E-state index in [-0.39, 0.29) is 18.1 Å². The highest BCUT2D eigenvalue weighted by atomic mass is 16.6. The summed E-state index contributed by atoms with van der Waals surface area (Å²) in [6.45, 7) is 3.15. The Bertz CT molecular complexity index is 1300. The molecule has 0 saturated carbocycles. The van der Waals surface area contributed by atoms with Crippen molar-refractivity contribution in [2.45, 2.75) is 13.3 Å². The van der Waals surface area contributed by atoms with Gasteiger partial charge in [-0.25, -0.2) is 0 Å². The molecule has 0 saturated heterocycles. The molecule has 3 aromatic rings. The number of carbonyl (C=O) groups excluding carboxylic acids is 1. The smallest absolute Gasteiger partial charge is 0.268 e. The number of rotatable bonds is 9. The third-order valence-corrected chi connectivity index (χ3v) is 5.87. The Morgan fingerprint density at radius 3 is 2.42 bits per heavy atom. The summed E-state index contributed by atoms with van der Waals surface area (Å²) in [5.41, 5.74) is 3.67. The van der Waals surface area contributed by atoms with Gasteiger partial charge >= 0.3 is 0 Å². The van der Waals surface area contributed by atoms with Crippen LogP contribution in [-0.2, 0) is 11.2 Å². The molecule has 1 aliphatic heterocycles. The van der Waals surface area contributed by atoms with E-state index in [1.807, 2.05) is 61.5 Å². The molecular formula is C29H28N2O5. The van der Waals surface area contributed by atoms with E-state index in [4.69, 9.17) is 18.9 Å². The highest BCUT2D eigenvalue weighted by molar-refractivity contribution is 6.12. The van der Waals surface area contributed by atoms with Crippen LogP contribution in [0.15, 0.2) is 66.2 Å². The standard InChI is InChI=1S/C29H28N2O5/c1-20-7-6-9-24(15-20)35-13-14-36-28-26(33-2)17-21(18-27(28)34-3)16-23(19-30)29(32)31-12-11-22-8-4-5-10-25(22)31/h4-10,15-18H,11-14H2,1-3H3/b23-16+. The van der Waals surface area contributed by atoms with Gasteiger partial charge in [0.1, 0.15) is 30.6 Å². The van der Waals surface area contributed by atoms with Gasteiger partial charge in [0, 0.05) is 12.2 Å². The number of anilines is 1. The van der Waals surface area contributed by atoms with Crippen molar-refractivity contribution in [2.75, 3.05) is 38.9 Å². The minimum absolute atomic E-state index is 0.0241. The molecule has 0 aromatic heterocycles. The van der Waals surface area contributed by atoms with Crippen molar-refractivity contribution in [1.29, 1.82) is 5.26 Å². The molecule has 184 valence electrons. The van der Waals surface area contributed by atoms with E-state index in [0.29, 0.717) is 36.0 Å². The van der Waals surface area contributed by atoms with Crippen LogP contribution in [0.3, 0.4) is 0 Å². The molecule has 4 rings (SSSR count). The Morgan fingerprint density at radius 1 is 1.00 bits per heavy atom. The van der Waals surface area contributed by atoms with Crippen LogP contribution in [0.4, 0.5) is 5.69 Å². The molecule has 0 radical (unpaired) electrons. The van der Waals surface area contributed by atoms with Gasteiger partial charge in [0.15, 0.2) is 11.5 Å². The summed E-state index contributed by atoms with van der Waals surface area (Å²) in [6.07, 6.45) is 2.31. The molecular weight excluding hydrogens is 456 g/mol. The number of para-hydroxylation sites is 1. The first-order valence-corrected chi connectivity index (χ1v) is 11.6. The van der Waals surface area contributed by atoms with Crippen molar-refractivity contribution in [1.82, 2.24) is 0 Å². The quantitative estimate of drug-likeness (QED) is 0.242. The summed E-state index contributed by atoms with van der Waals surface area (Å²) in [7, 11) is 3.05. The van der Waals surface area contributed by atoms with Crippen molar-refractivity contribution in [3.05, 3.63) is 82.9 Å². The first-order chi connectivity index (χ1) is 17.5. The normalized spacial score (nSPS) is 12.5. The van der Waals surface area contributed by atoms with Crippen LogP contribution >= 0.6 is 0 Å². The van der Waals surface area contributed by atoms with Crippen LogP contribution in [-0.4, -0.2) is 39.9 Å². The maximum absolute atomic E-state index is 13.2. The Kier molecular flexibility index (Phi) is 7.76. The number of nitrogens with zero attached hydrogens (tertiary/aromatic N) is 2. The zero-order valence-corrected chi connectivity index (χ0v) is 20.6. The molecule has 1 aliphatic rings. The van der Waals surface area contributed by atoms with E-state index in [2.05, 4.69) is 0 Å². The molecule has 1 heterocycles. The van der Waals surface area contributed by atoms with Gasteiger partial charge in [0.2, 0.25) is 5.75 Å². The van der Waals surface area contributed by atoms with Crippen LogP contribution < -0.4 is 23.8 Å². The molecule has 0 N–H and O–H groups in total. The fourth-order valence-electron chi connectivity index (χ4n) is 4.14. The molecule has 7 heteroatoms. The third kappa shape index (κ3) is 5.44. The second-order valence-electron chi connectivity index (χ2n) is 8.27. The molecule has 0 spiro atoms. The summed E-state index contributed by atoms with van der Waals surface area (Å²) in [5, 5.41) is 9.76. The summed E-state index contributed by atoms with van der Waals surface area (Å²) in [5.74, 6) is 1.70. The Hall–Kier alpha value is -4.44. The molecule has 0 bridgehead atoms. The van der Waals surface area contributed by atoms with Crippen molar-refractivity contribution in [3.8, 4) is 29.1 Å². The predicted molar refractivity (Wildman–Crippen MR) is 138 cm³/mol. The summed E-state index contributed by atoms with van der Waals surface area (Å²) in [6, 6.07) is 21.0. The van der Waals surface area contributed by atoms with Gasteiger partial charge in [0.05, 0.1) is 14.2 Å². The summed E-state index contributed by atoms with van der Waals surface area (Å²) >= 11 is 0. The number of carbonyl (C=O) groups is 1. The van der Waals surface area contributed by atoms with Crippen molar-refractivity contribution >= 4 is 17.7 Å². The second kappa shape index (κ2) is 11.3. The van der Waals surface area contributed by atoms with Gasteiger partial charge in [-0.1, -0.05) is 30.3 Å². The molecule has 1 amide bonds. The lowest BCUT2D eigenvalue weighted by Crippen LogP contribution is -2.29. The first-order valence-electron chi connectivity index (χ1n) is 11.6. The third-order valence-electron chi connectivity index (χ3n) is 5.87. The van der Waals surface area contributed by atoms with E-state index in [0.717, 1.165) is 29.0 Å². The van der Waals surface area contributed by atoms with Crippen LogP contribution in [0, 0.1) is 18.3 Å². The Morgan fingerprint density at radius 2 is 1.72 bits per heavy atom. The highest BCUT2D eigenvalue weighted by Crippen LogP contribution is 2.39. The Balaban J connectivity index is 1.51. The van der Waals surface area contributed by atoms with Crippen molar-refractivity contribution in [2.24, 2.45) is 0 Å². The molecule has 0 atom stereocenters. The molecule has 0 aliphatic carbocycles. The predicted octanol–water partition coefficient (Wildman–Crippen LogP) is 4.97. The average molecular weight is 485 g/mol. The van der Waals surface area contributed by atoms with Gasteiger partial charge in [-0.15, -0.1) is 0 Å². The van der Waals surface area contributed by atoms with E-state index in [9.17, 15) is 10.1 Å². The number of hydrogen-bond acceptors (Lipinski definition) is 6. The van der Waals surface area contributed by atoms with E-state index in [1.165, 1.54) is 14.2 Å². The molecule has 36 heavy (non-hydrogen) atoms. The van der Waals surface area contributed by atoms with Crippen LogP contribution in [0.2, 0.25) is 0 Å².